The Hall–Kier alpha value is -0.660. The quantitative estimate of drug-likeness (QED) is 0.631. The summed E-state index contributed by atoms with van der Waals surface area (Å²) in [6.45, 7) is -0.0395. The molecule has 0 fully saturated rings. The van der Waals surface area contributed by atoms with Gasteiger partial charge in [-0.15, -0.1) is 3.89 Å². The molecular formula is C8H8BrFO4S. The summed E-state index contributed by atoms with van der Waals surface area (Å²) in [7, 11) is -3.30. The van der Waals surface area contributed by atoms with Gasteiger partial charge < -0.3 is 9.47 Å². The van der Waals surface area contributed by atoms with Gasteiger partial charge in [-0.1, -0.05) is 15.9 Å². The van der Waals surface area contributed by atoms with Gasteiger partial charge in [0.15, 0.2) is 6.79 Å². The average Bonchev–Trinajstić information content (AvgIpc) is 2.12. The molecule has 0 saturated carbocycles. The maximum absolute atomic E-state index is 12.7. The van der Waals surface area contributed by atoms with Crippen molar-refractivity contribution >= 4 is 26.2 Å². The minimum atomic E-state index is -4.72. The SMILES string of the molecule is COCOc1cc(Br)cc(S(=O)(=O)F)c1. The molecule has 0 amide bonds. The molecule has 0 aliphatic rings. The van der Waals surface area contributed by atoms with Crippen LogP contribution in [0.3, 0.4) is 0 Å². The predicted molar refractivity (Wildman–Crippen MR) is 54.9 cm³/mol. The van der Waals surface area contributed by atoms with Crippen molar-refractivity contribution in [1.29, 1.82) is 0 Å². The van der Waals surface area contributed by atoms with Crippen LogP contribution in [0.15, 0.2) is 27.6 Å². The third-order valence-electron chi connectivity index (χ3n) is 1.47. The zero-order valence-corrected chi connectivity index (χ0v) is 10.1. The summed E-state index contributed by atoms with van der Waals surface area (Å²) in [4.78, 5) is -0.456. The van der Waals surface area contributed by atoms with Crippen LogP contribution in [0, 0.1) is 0 Å². The van der Waals surface area contributed by atoms with Gasteiger partial charge in [0, 0.05) is 17.6 Å². The molecule has 0 aliphatic carbocycles. The van der Waals surface area contributed by atoms with E-state index in [0.717, 1.165) is 12.1 Å². The maximum atomic E-state index is 12.7. The number of methoxy groups -OCH3 is 1. The Labute approximate surface area is 95.3 Å². The molecule has 0 atom stereocenters. The largest absolute Gasteiger partial charge is 0.467 e. The average molecular weight is 299 g/mol. The fraction of sp³-hybridized carbons (Fsp3) is 0.250. The Bertz CT molecular complexity index is 446. The Kier molecular flexibility index (Phi) is 4.06. The smallest absolute Gasteiger partial charge is 0.332 e. The van der Waals surface area contributed by atoms with E-state index >= 15 is 0 Å². The van der Waals surface area contributed by atoms with Crippen LogP contribution >= 0.6 is 15.9 Å². The highest BCUT2D eigenvalue weighted by atomic mass is 79.9. The molecule has 1 aromatic carbocycles. The first-order valence-corrected chi connectivity index (χ1v) is 5.98. The van der Waals surface area contributed by atoms with E-state index < -0.39 is 15.1 Å². The normalized spacial score (nSPS) is 11.4. The van der Waals surface area contributed by atoms with Crippen LogP contribution in [0.1, 0.15) is 0 Å². The first kappa shape index (κ1) is 12.4. The Morgan fingerprint density at radius 2 is 2.07 bits per heavy atom. The first-order valence-electron chi connectivity index (χ1n) is 3.80. The van der Waals surface area contributed by atoms with Crippen molar-refractivity contribution in [1.82, 2.24) is 0 Å². The molecule has 0 heterocycles. The minimum absolute atomic E-state index is 0.0395. The molecule has 0 aliphatic heterocycles. The summed E-state index contributed by atoms with van der Waals surface area (Å²) >= 11 is 3.05. The van der Waals surface area contributed by atoms with E-state index in [1.165, 1.54) is 13.2 Å². The molecule has 1 rings (SSSR count). The molecule has 7 heteroatoms. The lowest BCUT2D eigenvalue weighted by atomic mass is 10.3. The Morgan fingerprint density at radius 3 is 2.60 bits per heavy atom. The van der Waals surface area contributed by atoms with Gasteiger partial charge in [0.25, 0.3) is 0 Å². The third-order valence-corrected chi connectivity index (χ3v) is 2.73. The molecule has 0 radical (unpaired) electrons. The van der Waals surface area contributed by atoms with Crippen LogP contribution in [0.2, 0.25) is 0 Å². The molecule has 0 unspecified atom stereocenters. The third kappa shape index (κ3) is 3.77. The first-order chi connectivity index (χ1) is 6.93. The number of benzene rings is 1. The summed E-state index contributed by atoms with van der Waals surface area (Å²) in [6, 6.07) is 3.74. The highest BCUT2D eigenvalue weighted by Gasteiger charge is 2.14. The van der Waals surface area contributed by atoms with Crippen molar-refractivity contribution in [2.24, 2.45) is 0 Å². The van der Waals surface area contributed by atoms with Crippen LogP contribution in [0.25, 0.3) is 0 Å². The second-order valence-corrected chi connectivity index (χ2v) is 4.87. The number of rotatable bonds is 4. The highest BCUT2D eigenvalue weighted by molar-refractivity contribution is 9.10. The summed E-state index contributed by atoms with van der Waals surface area (Å²) in [5.41, 5.74) is 0. The molecule has 0 aromatic heterocycles. The molecule has 1 aromatic rings. The highest BCUT2D eigenvalue weighted by Crippen LogP contribution is 2.25. The molecule has 0 bridgehead atoms. The summed E-state index contributed by atoms with van der Waals surface area (Å²) < 4.78 is 44.0. The van der Waals surface area contributed by atoms with Gasteiger partial charge in [-0.3, -0.25) is 0 Å². The standard InChI is InChI=1S/C8H8BrFO4S/c1-13-5-14-7-2-6(9)3-8(4-7)15(10,11)12/h2-4H,5H2,1H3. The van der Waals surface area contributed by atoms with E-state index in [-0.39, 0.29) is 12.5 Å². The summed E-state index contributed by atoms with van der Waals surface area (Å²) in [5.74, 6) is 0.211. The van der Waals surface area contributed by atoms with Crippen LogP contribution in [-0.2, 0) is 15.0 Å². The van der Waals surface area contributed by atoms with Gasteiger partial charge >= 0.3 is 10.2 Å². The second-order valence-electron chi connectivity index (χ2n) is 2.61. The number of hydrogen-bond donors (Lipinski definition) is 0. The molecular weight excluding hydrogens is 291 g/mol. The zero-order valence-electron chi connectivity index (χ0n) is 7.74. The molecule has 0 saturated heterocycles. The zero-order chi connectivity index (χ0) is 11.5. The fourth-order valence-corrected chi connectivity index (χ4v) is 2.04. The second kappa shape index (κ2) is 4.91. The van der Waals surface area contributed by atoms with E-state index in [0.29, 0.717) is 4.47 Å². The predicted octanol–water partition coefficient (Wildman–Crippen LogP) is 2.09. The van der Waals surface area contributed by atoms with E-state index in [2.05, 4.69) is 20.7 Å². The lowest BCUT2D eigenvalue weighted by molar-refractivity contribution is 0.0509. The van der Waals surface area contributed by atoms with E-state index in [4.69, 9.17) is 4.74 Å². The topological polar surface area (TPSA) is 52.6 Å². The van der Waals surface area contributed by atoms with E-state index in [1.54, 1.807) is 0 Å². The summed E-state index contributed by atoms with van der Waals surface area (Å²) in [5, 5.41) is 0. The molecule has 4 nitrogen and oxygen atoms in total. The number of ether oxygens (including phenoxy) is 2. The molecule has 84 valence electrons. The monoisotopic (exact) mass is 298 g/mol. The van der Waals surface area contributed by atoms with Gasteiger partial charge in [0.1, 0.15) is 10.6 Å². The van der Waals surface area contributed by atoms with E-state index in [9.17, 15) is 12.3 Å². The van der Waals surface area contributed by atoms with Gasteiger partial charge in [-0.05, 0) is 12.1 Å². The van der Waals surface area contributed by atoms with Gasteiger partial charge in [-0.25, -0.2) is 0 Å². The van der Waals surface area contributed by atoms with Crippen LogP contribution in [0.5, 0.6) is 5.75 Å². The van der Waals surface area contributed by atoms with Gasteiger partial charge in [0.2, 0.25) is 0 Å². The van der Waals surface area contributed by atoms with E-state index in [1.807, 2.05) is 0 Å². The lowest BCUT2D eigenvalue weighted by Crippen LogP contribution is -2.00. The Morgan fingerprint density at radius 1 is 1.40 bits per heavy atom. The fourth-order valence-electron chi connectivity index (χ4n) is 0.888. The molecule has 15 heavy (non-hydrogen) atoms. The number of halogens is 2. The molecule has 0 spiro atoms. The minimum Gasteiger partial charge on any atom is -0.467 e. The van der Waals surface area contributed by atoms with Crippen molar-refractivity contribution in [2.45, 2.75) is 4.90 Å². The van der Waals surface area contributed by atoms with Crippen LogP contribution in [-0.4, -0.2) is 22.3 Å². The van der Waals surface area contributed by atoms with Gasteiger partial charge in [0.05, 0.1) is 0 Å². The Balaban J connectivity index is 3.06. The van der Waals surface area contributed by atoms with Gasteiger partial charge in [-0.2, -0.15) is 8.42 Å². The number of hydrogen-bond acceptors (Lipinski definition) is 4. The van der Waals surface area contributed by atoms with Crippen molar-refractivity contribution in [2.75, 3.05) is 13.9 Å². The van der Waals surface area contributed by atoms with Crippen molar-refractivity contribution in [3.05, 3.63) is 22.7 Å². The lowest BCUT2D eigenvalue weighted by Gasteiger charge is -2.06. The summed E-state index contributed by atoms with van der Waals surface area (Å²) in [6.07, 6.45) is 0. The van der Waals surface area contributed by atoms with Crippen LogP contribution in [0.4, 0.5) is 3.89 Å². The maximum Gasteiger partial charge on any atom is 0.332 e. The van der Waals surface area contributed by atoms with Crippen molar-refractivity contribution in [3.8, 4) is 5.75 Å². The van der Waals surface area contributed by atoms with Crippen molar-refractivity contribution < 1.29 is 21.8 Å². The van der Waals surface area contributed by atoms with Crippen molar-refractivity contribution in [3.63, 3.8) is 0 Å². The van der Waals surface area contributed by atoms with Crippen LogP contribution < -0.4 is 4.74 Å². The molecule has 0 N–H and O–H groups in total.